The van der Waals surface area contributed by atoms with Gasteiger partial charge in [-0.05, 0) is 38.5 Å². The number of hydrogen-bond acceptors (Lipinski definition) is 4. The van der Waals surface area contributed by atoms with Crippen molar-refractivity contribution in [3.63, 3.8) is 0 Å². The third-order valence-corrected chi connectivity index (χ3v) is 4.14. The highest BCUT2D eigenvalue weighted by atomic mass is 16.2. The van der Waals surface area contributed by atoms with E-state index in [0.29, 0.717) is 12.5 Å². The van der Waals surface area contributed by atoms with Crippen molar-refractivity contribution in [3.05, 3.63) is 0 Å². The van der Waals surface area contributed by atoms with Crippen LogP contribution in [0.1, 0.15) is 39.0 Å². The molecular formula is C13H20N2O3. The molecule has 0 aromatic heterocycles. The van der Waals surface area contributed by atoms with Crippen molar-refractivity contribution >= 4 is 17.6 Å². The average Bonchev–Trinajstić information content (AvgIpc) is 2.57. The van der Waals surface area contributed by atoms with Crippen LogP contribution in [0.15, 0.2) is 0 Å². The molecule has 1 unspecified atom stereocenters. The number of imide groups is 1. The molecule has 0 aromatic rings. The highest BCUT2D eigenvalue weighted by molar-refractivity contribution is 6.05. The highest BCUT2D eigenvalue weighted by Crippen LogP contribution is 2.30. The second kappa shape index (κ2) is 5.18. The molecule has 0 radical (unpaired) electrons. The highest BCUT2D eigenvalue weighted by Gasteiger charge is 2.37. The lowest BCUT2D eigenvalue weighted by molar-refractivity contribution is -0.140. The number of nitrogens with two attached hydrogens (primary N) is 1. The van der Waals surface area contributed by atoms with Crippen molar-refractivity contribution in [1.29, 1.82) is 0 Å². The van der Waals surface area contributed by atoms with E-state index in [4.69, 9.17) is 5.73 Å². The molecule has 100 valence electrons. The molecule has 0 aromatic carbocycles. The zero-order chi connectivity index (χ0) is 13.3. The second-order valence-corrected chi connectivity index (χ2v) is 5.48. The van der Waals surface area contributed by atoms with Crippen LogP contribution in [0, 0.1) is 11.8 Å². The maximum absolute atomic E-state index is 11.7. The number of rotatable bonds is 3. The fraction of sp³-hybridized carbons (Fsp3) is 0.769. The van der Waals surface area contributed by atoms with E-state index in [9.17, 15) is 14.4 Å². The van der Waals surface area contributed by atoms with E-state index in [1.165, 1.54) is 4.90 Å². The SMILES string of the molecule is CC(=O)C1CCC(CN2C(=O)CC(N)C2=O)CC1. The number of hydrogen-bond donors (Lipinski definition) is 1. The Hall–Kier alpha value is -1.23. The van der Waals surface area contributed by atoms with E-state index in [1.54, 1.807) is 6.92 Å². The minimum Gasteiger partial charge on any atom is -0.319 e. The van der Waals surface area contributed by atoms with Crippen molar-refractivity contribution in [2.45, 2.75) is 45.1 Å². The first-order valence-corrected chi connectivity index (χ1v) is 6.59. The Morgan fingerprint density at radius 1 is 1.28 bits per heavy atom. The topological polar surface area (TPSA) is 80.5 Å². The van der Waals surface area contributed by atoms with Gasteiger partial charge in [0.2, 0.25) is 11.8 Å². The molecule has 2 rings (SSSR count). The minimum atomic E-state index is -0.647. The van der Waals surface area contributed by atoms with Crippen LogP contribution in [0.5, 0.6) is 0 Å². The fourth-order valence-electron chi connectivity index (χ4n) is 2.91. The monoisotopic (exact) mass is 252 g/mol. The molecular weight excluding hydrogens is 232 g/mol. The predicted molar refractivity (Wildman–Crippen MR) is 65.4 cm³/mol. The zero-order valence-electron chi connectivity index (χ0n) is 10.7. The van der Waals surface area contributed by atoms with Crippen molar-refractivity contribution in [3.8, 4) is 0 Å². The number of likely N-dealkylation sites (tertiary alicyclic amines) is 1. The third kappa shape index (κ3) is 2.61. The molecule has 0 bridgehead atoms. The zero-order valence-corrected chi connectivity index (χ0v) is 10.7. The third-order valence-electron chi connectivity index (χ3n) is 4.14. The van der Waals surface area contributed by atoms with Gasteiger partial charge in [0.15, 0.2) is 0 Å². The largest absolute Gasteiger partial charge is 0.319 e. The van der Waals surface area contributed by atoms with Gasteiger partial charge in [-0.15, -0.1) is 0 Å². The average molecular weight is 252 g/mol. The summed E-state index contributed by atoms with van der Waals surface area (Å²) in [7, 11) is 0. The summed E-state index contributed by atoms with van der Waals surface area (Å²) in [6.45, 7) is 2.12. The Morgan fingerprint density at radius 2 is 1.89 bits per heavy atom. The molecule has 5 nitrogen and oxygen atoms in total. The van der Waals surface area contributed by atoms with Gasteiger partial charge in [-0.2, -0.15) is 0 Å². The number of nitrogens with zero attached hydrogens (tertiary/aromatic N) is 1. The Kier molecular flexibility index (Phi) is 3.80. The maximum atomic E-state index is 11.7. The standard InChI is InChI=1S/C13H20N2O3/c1-8(16)10-4-2-9(3-5-10)7-15-12(17)6-11(14)13(15)18/h9-11H,2-7,14H2,1H3. The first-order chi connectivity index (χ1) is 8.49. The maximum Gasteiger partial charge on any atom is 0.246 e. The van der Waals surface area contributed by atoms with Crippen LogP contribution >= 0.6 is 0 Å². The van der Waals surface area contributed by atoms with Gasteiger partial charge in [0.25, 0.3) is 0 Å². The smallest absolute Gasteiger partial charge is 0.246 e. The van der Waals surface area contributed by atoms with E-state index in [1.807, 2.05) is 0 Å². The van der Waals surface area contributed by atoms with Crippen LogP contribution in [0.3, 0.4) is 0 Å². The lowest BCUT2D eigenvalue weighted by Gasteiger charge is -2.29. The summed E-state index contributed by atoms with van der Waals surface area (Å²) in [5.41, 5.74) is 5.57. The fourth-order valence-corrected chi connectivity index (χ4v) is 2.91. The summed E-state index contributed by atoms with van der Waals surface area (Å²) in [5, 5.41) is 0. The molecule has 1 heterocycles. The summed E-state index contributed by atoms with van der Waals surface area (Å²) in [5.74, 6) is 0.367. The van der Waals surface area contributed by atoms with Gasteiger partial charge in [-0.1, -0.05) is 0 Å². The van der Waals surface area contributed by atoms with E-state index < -0.39 is 6.04 Å². The van der Waals surface area contributed by atoms with Crippen LogP contribution in [0.2, 0.25) is 0 Å². The first kappa shape index (κ1) is 13.2. The second-order valence-electron chi connectivity index (χ2n) is 5.48. The number of carbonyl (C=O) groups excluding carboxylic acids is 3. The van der Waals surface area contributed by atoms with E-state index >= 15 is 0 Å². The first-order valence-electron chi connectivity index (χ1n) is 6.59. The van der Waals surface area contributed by atoms with Gasteiger partial charge in [0.05, 0.1) is 12.5 Å². The summed E-state index contributed by atoms with van der Waals surface area (Å²) >= 11 is 0. The molecule has 1 aliphatic heterocycles. The van der Waals surface area contributed by atoms with Crippen LogP contribution in [0.4, 0.5) is 0 Å². The van der Waals surface area contributed by atoms with Gasteiger partial charge >= 0.3 is 0 Å². The molecule has 18 heavy (non-hydrogen) atoms. The quantitative estimate of drug-likeness (QED) is 0.740. The number of Topliss-reactive ketones (excluding diaryl/α,β-unsaturated/α-hetero) is 1. The summed E-state index contributed by atoms with van der Waals surface area (Å²) < 4.78 is 0. The molecule has 5 heteroatoms. The number of ketones is 1. The normalized spacial score (nSPS) is 33.0. The molecule has 1 atom stereocenters. The lowest BCUT2D eigenvalue weighted by Crippen LogP contribution is -2.39. The van der Waals surface area contributed by atoms with Crippen LogP contribution < -0.4 is 5.73 Å². The van der Waals surface area contributed by atoms with Crippen molar-refractivity contribution in [2.75, 3.05) is 6.54 Å². The van der Waals surface area contributed by atoms with E-state index in [2.05, 4.69) is 0 Å². The lowest BCUT2D eigenvalue weighted by atomic mass is 9.80. The van der Waals surface area contributed by atoms with E-state index in [-0.39, 0.29) is 29.9 Å². The number of amides is 2. The molecule has 2 amide bonds. The molecule has 1 saturated heterocycles. The van der Waals surface area contributed by atoms with Gasteiger partial charge in [-0.3, -0.25) is 19.3 Å². The van der Waals surface area contributed by atoms with Crippen molar-refractivity contribution < 1.29 is 14.4 Å². The minimum absolute atomic E-state index is 0.141. The van der Waals surface area contributed by atoms with Crippen LogP contribution in [-0.2, 0) is 14.4 Å². The summed E-state index contributed by atoms with van der Waals surface area (Å²) in [6.07, 6.45) is 3.72. The Labute approximate surface area is 107 Å². The molecule has 0 spiro atoms. The Bertz CT molecular complexity index is 372. The summed E-state index contributed by atoms with van der Waals surface area (Å²) in [6, 6.07) is -0.647. The molecule has 2 N–H and O–H groups in total. The molecule has 1 saturated carbocycles. The van der Waals surface area contributed by atoms with E-state index in [0.717, 1.165) is 25.7 Å². The van der Waals surface area contributed by atoms with Crippen molar-refractivity contribution in [2.24, 2.45) is 17.6 Å². The van der Waals surface area contributed by atoms with Gasteiger partial charge < -0.3 is 5.73 Å². The number of carbonyl (C=O) groups is 3. The van der Waals surface area contributed by atoms with Gasteiger partial charge in [0, 0.05) is 12.5 Å². The predicted octanol–water partition coefficient (Wildman–Crippen LogP) is 0.468. The van der Waals surface area contributed by atoms with Crippen LogP contribution in [-0.4, -0.2) is 35.1 Å². The molecule has 2 fully saturated rings. The Balaban J connectivity index is 1.87. The Morgan fingerprint density at radius 3 is 2.33 bits per heavy atom. The molecule has 1 aliphatic carbocycles. The van der Waals surface area contributed by atoms with Crippen LogP contribution in [0.25, 0.3) is 0 Å². The van der Waals surface area contributed by atoms with Gasteiger partial charge in [-0.25, -0.2) is 0 Å². The van der Waals surface area contributed by atoms with Gasteiger partial charge in [0.1, 0.15) is 5.78 Å². The van der Waals surface area contributed by atoms with Crippen molar-refractivity contribution in [1.82, 2.24) is 4.90 Å². The summed E-state index contributed by atoms with van der Waals surface area (Å²) in [4.78, 5) is 35.9. The molecule has 2 aliphatic rings.